The van der Waals surface area contributed by atoms with E-state index in [9.17, 15) is 26.7 Å². The monoisotopic (exact) mass is 570 g/mol. The van der Waals surface area contributed by atoms with Crippen molar-refractivity contribution in [2.45, 2.75) is 25.7 Å². The minimum atomic E-state index is -4.47. The van der Waals surface area contributed by atoms with Gasteiger partial charge in [-0.15, -0.1) is 24.0 Å². The van der Waals surface area contributed by atoms with Crippen LogP contribution in [0.1, 0.15) is 29.7 Å². The highest BCUT2D eigenvalue weighted by Crippen LogP contribution is 2.29. The van der Waals surface area contributed by atoms with E-state index < -0.39 is 29.4 Å². The average molecular weight is 570 g/mol. The second-order valence-corrected chi connectivity index (χ2v) is 7.04. The summed E-state index contributed by atoms with van der Waals surface area (Å²) in [6.45, 7) is 1.45. The first kappa shape index (κ1) is 27.6. The van der Waals surface area contributed by atoms with Crippen LogP contribution in [-0.2, 0) is 17.5 Å². The number of nitrogens with zero attached hydrogens (tertiary/aromatic N) is 2. The van der Waals surface area contributed by atoms with E-state index >= 15 is 0 Å². The molecule has 0 aliphatic rings. The molecule has 0 aliphatic heterocycles. The van der Waals surface area contributed by atoms with Gasteiger partial charge in [0.1, 0.15) is 0 Å². The molecule has 2 aromatic carbocycles. The summed E-state index contributed by atoms with van der Waals surface area (Å²) in [5, 5.41) is 5.75. The Hall–Kier alpha value is -2.44. The van der Waals surface area contributed by atoms with Crippen molar-refractivity contribution >= 4 is 35.8 Å². The molecular formula is C21H24F5IN4O. The quantitative estimate of drug-likeness (QED) is 0.233. The standard InChI is InChI=1S/C21H23F5N4O.HI/c1-13(15-7-8-17(22)18(23)10-15)29-20(28-12-19(31)30(2)3)27-11-14-5-4-6-16(9-14)21(24,25)26;/h4-10,13H,11-12H2,1-3H3,(H2,27,28,29);1H. The first-order valence-electron chi connectivity index (χ1n) is 9.33. The fourth-order valence-corrected chi connectivity index (χ4v) is 2.56. The molecule has 1 atom stereocenters. The number of nitrogens with one attached hydrogen (secondary N) is 2. The zero-order valence-corrected chi connectivity index (χ0v) is 20.0. The Kier molecular flexibility index (Phi) is 10.3. The lowest BCUT2D eigenvalue weighted by Crippen LogP contribution is -2.43. The number of amides is 1. The number of rotatable bonds is 6. The molecule has 0 saturated carbocycles. The van der Waals surface area contributed by atoms with Gasteiger partial charge < -0.3 is 15.5 Å². The smallest absolute Gasteiger partial charge is 0.350 e. The van der Waals surface area contributed by atoms with Crippen LogP contribution in [0.3, 0.4) is 0 Å². The summed E-state index contributed by atoms with van der Waals surface area (Å²) in [5.74, 6) is -2.12. The fraction of sp³-hybridized carbons (Fsp3) is 0.333. The van der Waals surface area contributed by atoms with Crippen LogP contribution in [0.5, 0.6) is 0 Å². The lowest BCUT2D eigenvalue weighted by Gasteiger charge is -2.20. The van der Waals surface area contributed by atoms with Crippen LogP contribution >= 0.6 is 24.0 Å². The van der Waals surface area contributed by atoms with Crippen LogP contribution in [0.15, 0.2) is 47.5 Å². The molecule has 0 bridgehead atoms. The average Bonchev–Trinajstić information content (AvgIpc) is 2.71. The van der Waals surface area contributed by atoms with Crippen molar-refractivity contribution in [2.24, 2.45) is 4.99 Å². The molecule has 1 amide bonds. The van der Waals surface area contributed by atoms with Gasteiger partial charge in [-0.25, -0.2) is 13.8 Å². The number of carbonyl (C=O) groups is 1. The molecule has 0 fully saturated rings. The van der Waals surface area contributed by atoms with Crippen LogP contribution in [-0.4, -0.2) is 37.4 Å². The van der Waals surface area contributed by atoms with Gasteiger partial charge in [0.2, 0.25) is 5.91 Å². The number of hydrogen-bond acceptors (Lipinski definition) is 2. The molecule has 11 heteroatoms. The second kappa shape index (κ2) is 12.0. The molecule has 2 N–H and O–H groups in total. The maximum Gasteiger partial charge on any atom is 0.416 e. The molecule has 0 saturated heterocycles. The van der Waals surface area contributed by atoms with E-state index in [-0.39, 0.29) is 48.9 Å². The van der Waals surface area contributed by atoms with Crippen molar-refractivity contribution in [2.75, 3.05) is 20.6 Å². The molecule has 0 spiro atoms. The number of halogens is 6. The molecule has 32 heavy (non-hydrogen) atoms. The van der Waals surface area contributed by atoms with Gasteiger partial charge >= 0.3 is 6.18 Å². The van der Waals surface area contributed by atoms with Crippen LogP contribution in [0.4, 0.5) is 22.0 Å². The van der Waals surface area contributed by atoms with Crippen molar-refractivity contribution in [3.63, 3.8) is 0 Å². The highest BCUT2D eigenvalue weighted by atomic mass is 127. The van der Waals surface area contributed by atoms with Gasteiger partial charge in [-0.1, -0.05) is 18.2 Å². The third-order valence-corrected chi connectivity index (χ3v) is 4.38. The normalized spacial score (nSPS) is 12.6. The Labute approximate surface area is 200 Å². The van der Waals surface area contributed by atoms with E-state index in [4.69, 9.17) is 0 Å². The maximum atomic E-state index is 13.5. The summed E-state index contributed by atoms with van der Waals surface area (Å²) in [5.41, 5.74) is -0.0534. The summed E-state index contributed by atoms with van der Waals surface area (Å²) >= 11 is 0. The van der Waals surface area contributed by atoms with E-state index in [1.54, 1.807) is 21.0 Å². The Morgan fingerprint density at radius 2 is 1.78 bits per heavy atom. The van der Waals surface area contributed by atoms with E-state index in [0.29, 0.717) is 11.1 Å². The molecule has 2 aromatic rings. The Morgan fingerprint density at radius 1 is 1.09 bits per heavy atom. The molecule has 0 aliphatic carbocycles. The largest absolute Gasteiger partial charge is 0.416 e. The zero-order chi connectivity index (χ0) is 23.2. The maximum absolute atomic E-state index is 13.5. The number of likely N-dealkylation sites (N-methyl/N-ethyl adjacent to an activating group) is 1. The number of alkyl halides is 3. The van der Waals surface area contributed by atoms with Gasteiger partial charge in [0, 0.05) is 14.1 Å². The summed E-state index contributed by atoms with van der Waals surface area (Å²) < 4.78 is 65.5. The second-order valence-electron chi connectivity index (χ2n) is 7.04. The lowest BCUT2D eigenvalue weighted by atomic mass is 10.1. The predicted octanol–water partition coefficient (Wildman–Crippen LogP) is 4.49. The van der Waals surface area contributed by atoms with E-state index in [0.717, 1.165) is 24.3 Å². The summed E-state index contributed by atoms with van der Waals surface area (Å²) in [6.07, 6.45) is -4.47. The van der Waals surface area contributed by atoms with Crippen molar-refractivity contribution in [1.82, 2.24) is 15.5 Å². The van der Waals surface area contributed by atoms with Crippen molar-refractivity contribution in [1.29, 1.82) is 0 Å². The minimum absolute atomic E-state index is 0. The zero-order valence-electron chi connectivity index (χ0n) is 17.6. The molecule has 0 aromatic heterocycles. The van der Waals surface area contributed by atoms with Gasteiger partial charge in [-0.3, -0.25) is 4.79 Å². The van der Waals surface area contributed by atoms with Gasteiger partial charge in [0.15, 0.2) is 17.6 Å². The van der Waals surface area contributed by atoms with Crippen LogP contribution in [0.25, 0.3) is 0 Å². The molecule has 5 nitrogen and oxygen atoms in total. The SMILES string of the molecule is CC(NC(=NCc1cccc(C(F)(F)F)c1)NCC(=O)N(C)C)c1ccc(F)c(F)c1.I. The fourth-order valence-electron chi connectivity index (χ4n) is 2.56. The first-order chi connectivity index (χ1) is 14.5. The molecule has 1 unspecified atom stereocenters. The molecule has 2 rings (SSSR count). The van der Waals surface area contributed by atoms with Gasteiger partial charge in [0.25, 0.3) is 0 Å². The summed E-state index contributed by atoms with van der Waals surface area (Å²) in [4.78, 5) is 17.5. The number of hydrogen-bond donors (Lipinski definition) is 2. The van der Waals surface area contributed by atoms with Gasteiger partial charge in [0.05, 0.1) is 24.7 Å². The third kappa shape index (κ3) is 8.24. The van der Waals surface area contributed by atoms with Crippen molar-refractivity contribution in [3.05, 3.63) is 70.8 Å². The highest BCUT2D eigenvalue weighted by molar-refractivity contribution is 14.0. The highest BCUT2D eigenvalue weighted by Gasteiger charge is 2.30. The first-order valence-corrected chi connectivity index (χ1v) is 9.33. The third-order valence-electron chi connectivity index (χ3n) is 4.38. The molecule has 176 valence electrons. The molecule has 0 radical (unpaired) electrons. The summed E-state index contributed by atoms with van der Waals surface area (Å²) in [6, 6.07) is 7.63. The van der Waals surface area contributed by atoms with E-state index in [1.165, 1.54) is 23.1 Å². The summed E-state index contributed by atoms with van der Waals surface area (Å²) in [7, 11) is 3.14. The Bertz CT molecular complexity index is 950. The van der Waals surface area contributed by atoms with Gasteiger partial charge in [-0.05, 0) is 42.3 Å². The van der Waals surface area contributed by atoms with Crippen molar-refractivity contribution < 1.29 is 26.7 Å². The number of guanidine groups is 1. The number of benzene rings is 2. The molecular weight excluding hydrogens is 546 g/mol. The number of carbonyl (C=O) groups excluding carboxylic acids is 1. The van der Waals surface area contributed by atoms with Crippen LogP contribution in [0.2, 0.25) is 0 Å². The minimum Gasteiger partial charge on any atom is -0.350 e. The molecule has 0 heterocycles. The topological polar surface area (TPSA) is 56.7 Å². The van der Waals surface area contributed by atoms with E-state index in [1.807, 2.05) is 0 Å². The lowest BCUT2D eigenvalue weighted by molar-refractivity contribution is -0.137. The van der Waals surface area contributed by atoms with Crippen molar-refractivity contribution in [3.8, 4) is 0 Å². The van der Waals surface area contributed by atoms with E-state index in [2.05, 4.69) is 15.6 Å². The Balaban J connectivity index is 0.00000512. The number of aliphatic imine (C=N–C) groups is 1. The Morgan fingerprint density at radius 3 is 2.38 bits per heavy atom. The van der Waals surface area contributed by atoms with Gasteiger partial charge in [-0.2, -0.15) is 13.2 Å². The van der Waals surface area contributed by atoms with Crippen LogP contribution in [0, 0.1) is 11.6 Å². The van der Waals surface area contributed by atoms with Crippen LogP contribution < -0.4 is 10.6 Å². The predicted molar refractivity (Wildman–Crippen MR) is 123 cm³/mol.